The zero-order valence-electron chi connectivity index (χ0n) is 8.92. The van der Waals surface area contributed by atoms with Crippen molar-refractivity contribution in [2.45, 2.75) is 26.9 Å². The Balaban J connectivity index is 2.64. The van der Waals surface area contributed by atoms with Gasteiger partial charge in [0.1, 0.15) is 0 Å². The van der Waals surface area contributed by atoms with E-state index in [1.165, 1.54) is 6.54 Å². The molecule has 0 radical (unpaired) electrons. The van der Waals surface area contributed by atoms with Gasteiger partial charge in [0.05, 0.1) is 6.10 Å². The van der Waals surface area contributed by atoms with E-state index in [1.807, 2.05) is 7.11 Å². The molecule has 0 aromatic rings. The van der Waals surface area contributed by atoms with Gasteiger partial charge in [0.15, 0.2) is 0 Å². The quantitative estimate of drug-likeness (QED) is 0.594. The highest BCUT2D eigenvalue weighted by atomic mass is 16.5. The molecule has 0 bridgehead atoms. The first kappa shape index (κ1) is 10.0. The molecule has 1 aliphatic rings. The number of nitrogens with zero attached hydrogens (tertiary/aromatic N) is 1. The van der Waals surface area contributed by atoms with Crippen molar-refractivity contribution >= 4 is 0 Å². The minimum absolute atomic E-state index is 0.367. The van der Waals surface area contributed by atoms with E-state index in [-0.39, 0.29) is 0 Å². The van der Waals surface area contributed by atoms with Crippen LogP contribution in [-0.4, -0.2) is 38.3 Å². The summed E-state index contributed by atoms with van der Waals surface area (Å²) in [5.74, 6) is 0.674. The molecule has 2 atom stereocenters. The minimum Gasteiger partial charge on any atom is -0.380 e. The second-order valence-corrected chi connectivity index (χ2v) is 4.97. The molecular formula is C10H21NO. The summed E-state index contributed by atoms with van der Waals surface area (Å²) in [7, 11) is 3.99. The second kappa shape index (κ2) is 3.35. The molecule has 0 amide bonds. The fourth-order valence-electron chi connectivity index (χ4n) is 2.03. The third-order valence-electron chi connectivity index (χ3n) is 2.86. The lowest BCUT2D eigenvalue weighted by molar-refractivity contribution is 0.0385. The van der Waals surface area contributed by atoms with Crippen LogP contribution in [0, 0.1) is 11.3 Å². The normalized spacial score (nSPS) is 32.8. The molecule has 0 spiro atoms. The minimum atomic E-state index is 0.367. The Morgan fingerprint density at radius 2 is 1.83 bits per heavy atom. The molecule has 1 fully saturated rings. The molecule has 0 saturated carbocycles. The predicted molar refractivity (Wildman–Crippen MR) is 51.2 cm³/mol. The zero-order chi connectivity index (χ0) is 9.35. The third kappa shape index (κ3) is 1.99. The monoisotopic (exact) mass is 171 g/mol. The van der Waals surface area contributed by atoms with Crippen LogP contribution < -0.4 is 0 Å². The average molecular weight is 171 g/mol. The van der Waals surface area contributed by atoms with E-state index in [1.54, 1.807) is 0 Å². The van der Waals surface area contributed by atoms with Crippen molar-refractivity contribution in [3.8, 4) is 0 Å². The Morgan fingerprint density at radius 1 is 1.25 bits per heavy atom. The van der Waals surface area contributed by atoms with Crippen molar-refractivity contribution < 1.29 is 4.74 Å². The van der Waals surface area contributed by atoms with E-state index in [4.69, 9.17) is 4.74 Å². The number of methoxy groups -OCH3 is 1. The van der Waals surface area contributed by atoms with Crippen LogP contribution in [0.3, 0.4) is 0 Å². The maximum absolute atomic E-state index is 5.48. The third-order valence-corrected chi connectivity index (χ3v) is 2.86. The van der Waals surface area contributed by atoms with Crippen LogP contribution in [0.5, 0.6) is 0 Å². The molecule has 72 valence electrons. The maximum atomic E-state index is 5.48. The van der Waals surface area contributed by atoms with Crippen LogP contribution in [0.4, 0.5) is 0 Å². The summed E-state index contributed by atoms with van der Waals surface area (Å²) in [5, 5.41) is 0. The molecule has 1 rings (SSSR count). The lowest BCUT2D eigenvalue weighted by Crippen LogP contribution is -2.32. The summed E-state index contributed by atoms with van der Waals surface area (Å²) >= 11 is 0. The fraction of sp³-hybridized carbons (Fsp3) is 1.00. The van der Waals surface area contributed by atoms with E-state index in [0.29, 0.717) is 17.4 Å². The van der Waals surface area contributed by atoms with Crippen molar-refractivity contribution in [1.29, 1.82) is 0 Å². The first-order valence-electron chi connectivity index (χ1n) is 4.66. The molecule has 1 heterocycles. The largest absolute Gasteiger partial charge is 0.380 e. The molecule has 0 N–H and O–H groups in total. The van der Waals surface area contributed by atoms with Crippen molar-refractivity contribution in [2.24, 2.45) is 11.3 Å². The van der Waals surface area contributed by atoms with Crippen LogP contribution >= 0.6 is 0 Å². The molecule has 2 unspecified atom stereocenters. The van der Waals surface area contributed by atoms with Crippen LogP contribution in [0.15, 0.2) is 0 Å². The lowest BCUT2D eigenvalue weighted by Gasteiger charge is -2.30. The van der Waals surface area contributed by atoms with Crippen molar-refractivity contribution in [1.82, 2.24) is 4.90 Å². The molecule has 1 aliphatic heterocycles. The molecule has 1 saturated heterocycles. The van der Waals surface area contributed by atoms with Gasteiger partial charge >= 0.3 is 0 Å². The number of ether oxygens (including phenoxy) is 1. The van der Waals surface area contributed by atoms with Gasteiger partial charge in [0.25, 0.3) is 0 Å². The van der Waals surface area contributed by atoms with E-state index in [0.717, 1.165) is 6.54 Å². The molecule has 0 aromatic heterocycles. The van der Waals surface area contributed by atoms with Gasteiger partial charge in [-0.1, -0.05) is 20.8 Å². The predicted octanol–water partition coefficient (Wildman–Crippen LogP) is 1.61. The maximum Gasteiger partial charge on any atom is 0.0743 e. The van der Waals surface area contributed by atoms with Gasteiger partial charge in [-0.2, -0.15) is 0 Å². The first-order valence-corrected chi connectivity index (χ1v) is 4.66. The number of likely N-dealkylation sites (N-methyl/N-ethyl adjacent to an activating group) is 1. The Kier molecular flexibility index (Phi) is 2.79. The standard InChI is InChI=1S/C10H21NO/c1-10(2,3)8-6-11(4)7-9(8)12-5/h8-9H,6-7H2,1-5H3. The Hall–Kier alpha value is -0.0800. The van der Waals surface area contributed by atoms with Crippen LogP contribution in [0.25, 0.3) is 0 Å². The van der Waals surface area contributed by atoms with Crippen LogP contribution in [-0.2, 0) is 4.74 Å². The number of hydrogen-bond acceptors (Lipinski definition) is 2. The Morgan fingerprint density at radius 3 is 2.17 bits per heavy atom. The molecule has 0 aliphatic carbocycles. The van der Waals surface area contributed by atoms with Gasteiger partial charge in [-0.25, -0.2) is 0 Å². The van der Waals surface area contributed by atoms with Gasteiger partial charge in [0.2, 0.25) is 0 Å². The molecular weight excluding hydrogens is 150 g/mol. The van der Waals surface area contributed by atoms with E-state index in [9.17, 15) is 0 Å². The van der Waals surface area contributed by atoms with E-state index >= 15 is 0 Å². The molecule has 0 aromatic carbocycles. The van der Waals surface area contributed by atoms with Crippen molar-refractivity contribution in [3.63, 3.8) is 0 Å². The summed E-state index contributed by atoms with van der Waals surface area (Å²) in [5.41, 5.74) is 0.367. The highest BCUT2D eigenvalue weighted by Crippen LogP contribution is 2.34. The summed E-state index contributed by atoms with van der Waals surface area (Å²) < 4.78 is 5.48. The van der Waals surface area contributed by atoms with Crippen molar-refractivity contribution in [3.05, 3.63) is 0 Å². The Bertz CT molecular complexity index is 150. The highest BCUT2D eigenvalue weighted by molar-refractivity contribution is 4.90. The first-order chi connectivity index (χ1) is 5.45. The lowest BCUT2D eigenvalue weighted by atomic mass is 9.79. The molecule has 2 nitrogen and oxygen atoms in total. The van der Waals surface area contributed by atoms with Crippen molar-refractivity contribution in [2.75, 3.05) is 27.2 Å². The summed E-state index contributed by atoms with van der Waals surface area (Å²) in [6.07, 6.45) is 0.426. The second-order valence-electron chi connectivity index (χ2n) is 4.97. The van der Waals surface area contributed by atoms with Gasteiger partial charge in [0, 0.05) is 26.1 Å². The number of likely N-dealkylation sites (tertiary alicyclic amines) is 1. The molecule has 12 heavy (non-hydrogen) atoms. The highest BCUT2D eigenvalue weighted by Gasteiger charge is 2.38. The summed E-state index contributed by atoms with van der Waals surface area (Å²) in [4.78, 5) is 2.35. The van der Waals surface area contributed by atoms with E-state index < -0.39 is 0 Å². The summed E-state index contributed by atoms with van der Waals surface area (Å²) in [6, 6.07) is 0. The topological polar surface area (TPSA) is 12.5 Å². The van der Waals surface area contributed by atoms with Gasteiger partial charge in [-0.15, -0.1) is 0 Å². The Labute approximate surface area is 75.9 Å². The van der Waals surface area contributed by atoms with Crippen LogP contribution in [0.2, 0.25) is 0 Å². The SMILES string of the molecule is COC1CN(C)CC1C(C)(C)C. The number of rotatable bonds is 1. The number of hydrogen-bond donors (Lipinski definition) is 0. The van der Waals surface area contributed by atoms with Crippen LogP contribution in [0.1, 0.15) is 20.8 Å². The van der Waals surface area contributed by atoms with Gasteiger partial charge in [-0.3, -0.25) is 0 Å². The fourth-order valence-corrected chi connectivity index (χ4v) is 2.03. The zero-order valence-corrected chi connectivity index (χ0v) is 8.92. The summed E-state index contributed by atoms with van der Waals surface area (Å²) in [6.45, 7) is 9.13. The molecule has 2 heteroatoms. The van der Waals surface area contributed by atoms with Gasteiger partial charge in [-0.05, 0) is 12.5 Å². The van der Waals surface area contributed by atoms with E-state index in [2.05, 4.69) is 32.7 Å². The van der Waals surface area contributed by atoms with Gasteiger partial charge < -0.3 is 9.64 Å². The smallest absolute Gasteiger partial charge is 0.0743 e. The average Bonchev–Trinajstić information content (AvgIpc) is 2.29.